The minimum absolute atomic E-state index is 0.176. The zero-order valence-electron chi connectivity index (χ0n) is 15.8. The topological polar surface area (TPSA) is 130 Å². The Labute approximate surface area is 170 Å². The van der Waals surface area contributed by atoms with Crippen LogP contribution in [-0.4, -0.2) is 70.4 Å². The van der Waals surface area contributed by atoms with Crippen LogP contribution < -0.4 is 20.7 Å². The molecule has 1 saturated heterocycles. The third-order valence-corrected chi connectivity index (χ3v) is 5.49. The van der Waals surface area contributed by atoms with E-state index in [1.807, 2.05) is 4.90 Å². The normalized spacial score (nSPS) is 16.8. The van der Waals surface area contributed by atoms with Crippen LogP contribution in [0.5, 0.6) is 5.75 Å². The fourth-order valence-corrected chi connectivity index (χ4v) is 4.01. The number of aliphatic hydroxyl groups is 1. The standard InChI is InChI=1S/C18H21N7O3S/c1-28-13-4-2-3-11(7-13)21-18(27)25-6-5-24(8-12(25)9-26)15-14-16(29-10-20-14)23-17(19)22-15/h2-4,7,10,12,26H,5-6,8-9H2,1H3,(H,21,27)(H2,19,22,23)/t12-/m0/s1. The number of aliphatic hydroxyl groups excluding tert-OH is 1. The Morgan fingerprint density at radius 1 is 1.41 bits per heavy atom. The number of fused-ring (bicyclic) bond motifs is 1. The number of benzene rings is 1. The lowest BCUT2D eigenvalue weighted by atomic mass is 10.2. The minimum atomic E-state index is -0.403. The molecule has 1 aliphatic heterocycles. The number of carbonyl (C=O) groups is 1. The molecule has 11 heteroatoms. The summed E-state index contributed by atoms with van der Waals surface area (Å²) >= 11 is 1.39. The molecule has 4 rings (SSSR count). The number of nitrogens with one attached hydrogen (secondary N) is 1. The number of urea groups is 1. The van der Waals surface area contributed by atoms with Gasteiger partial charge in [-0.3, -0.25) is 0 Å². The van der Waals surface area contributed by atoms with E-state index in [-0.39, 0.29) is 18.6 Å². The van der Waals surface area contributed by atoms with Crippen LogP contribution >= 0.6 is 11.3 Å². The molecule has 0 saturated carbocycles. The first-order valence-electron chi connectivity index (χ1n) is 9.03. The van der Waals surface area contributed by atoms with Crippen LogP contribution in [0.1, 0.15) is 0 Å². The average molecular weight is 415 g/mol. The second-order valence-corrected chi connectivity index (χ2v) is 7.38. The molecule has 2 aromatic heterocycles. The van der Waals surface area contributed by atoms with Gasteiger partial charge in [0, 0.05) is 31.4 Å². The molecular weight excluding hydrogens is 394 g/mol. The number of methoxy groups -OCH3 is 1. The van der Waals surface area contributed by atoms with Gasteiger partial charge in [0.25, 0.3) is 0 Å². The van der Waals surface area contributed by atoms with E-state index in [9.17, 15) is 9.90 Å². The summed E-state index contributed by atoms with van der Waals surface area (Å²) in [6.07, 6.45) is 0. The SMILES string of the molecule is COc1cccc(NC(=O)N2CCN(c3nc(N)nc4scnc34)C[C@H]2CO)c1. The Bertz CT molecular complexity index is 1030. The van der Waals surface area contributed by atoms with Crippen molar-refractivity contribution in [1.82, 2.24) is 19.9 Å². The largest absolute Gasteiger partial charge is 0.497 e. The fraction of sp³-hybridized carbons (Fsp3) is 0.333. The van der Waals surface area contributed by atoms with Crippen LogP contribution in [0, 0.1) is 0 Å². The molecule has 2 amide bonds. The highest BCUT2D eigenvalue weighted by atomic mass is 32.1. The molecule has 0 bridgehead atoms. The van der Waals surface area contributed by atoms with Crippen molar-refractivity contribution < 1.29 is 14.6 Å². The van der Waals surface area contributed by atoms with Gasteiger partial charge in [0.2, 0.25) is 5.95 Å². The lowest BCUT2D eigenvalue weighted by Crippen LogP contribution is -2.58. The molecule has 0 radical (unpaired) electrons. The van der Waals surface area contributed by atoms with Gasteiger partial charge in [0.05, 0.1) is 25.3 Å². The lowest BCUT2D eigenvalue weighted by molar-refractivity contribution is 0.132. The third-order valence-electron chi connectivity index (χ3n) is 4.77. The van der Waals surface area contributed by atoms with E-state index >= 15 is 0 Å². The molecule has 0 spiro atoms. The van der Waals surface area contributed by atoms with E-state index in [4.69, 9.17) is 10.5 Å². The van der Waals surface area contributed by atoms with Gasteiger partial charge in [-0.1, -0.05) is 6.07 Å². The minimum Gasteiger partial charge on any atom is -0.497 e. The Morgan fingerprint density at radius 2 is 2.28 bits per heavy atom. The Morgan fingerprint density at radius 3 is 3.07 bits per heavy atom. The number of anilines is 3. The molecule has 1 atom stereocenters. The van der Waals surface area contributed by atoms with E-state index < -0.39 is 6.04 Å². The first-order chi connectivity index (χ1) is 14.1. The van der Waals surface area contributed by atoms with Gasteiger partial charge < -0.3 is 30.7 Å². The van der Waals surface area contributed by atoms with Gasteiger partial charge in [0.15, 0.2) is 10.6 Å². The summed E-state index contributed by atoms with van der Waals surface area (Å²) in [5, 5.41) is 12.8. The molecule has 3 heterocycles. The number of ether oxygens (including phenoxy) is 1. The van der Waals surface area contributed by atoms with Gasteiger partial charge in [-0.2, -0.15) is 4.98 Å². The Hall–Kier alpha value is -3.18. The van der Waals surface area contributed by atoms with Crippen LogP contribution in [-0.2, 0) is 0 Å². The summed E-state index contributed by atoms with van der Waals surface area (Å²) in [4.78, 5) is 30.0. The van der Waals surface area contributed by atoms with Crippen molar-refractivity contribution >= 4 is 45.2 Å². The summed E-state index contributed by atoms with van der Waals surface area (Å²) in [6, 6.07) is 6.45. The molecule has 0 unspecified atom stereocenters. The van der Waals surface area contributed by atoms with E-state index in [2.05, 4.69) is 20.3 Å². The molecule has 10 nitrogen and oxygen atoms in total. The molecule has 29 heavy (non-hydrogen) atoms. The predicted molar refractivity (Wildman–Crippen MR) is 111 cm³/mol. The van der Waals surface area contributed by atoms with Gasteiger partial charge >= 0.3 is 6.03 Å². The van der Waals surface area contributed by atoms with Crippen molar-refractivity contribution in [3.05, 3.63) is 29.8 Å². The molecule has 1 fully saturated rings. The van der Waals surface area contributed by atoms with Crippen LogP contribution in [0.3, 0.4) is 0 Å². The monoisotopic (exact) mass is 415 g/mol. The zero-order valence-corrected chi connectivity index (χ0v) is 16.6. The number of carbonyl (C=O) groups excluding carboxylic acids is 1. The maximum absolute atomic E-state index is 12.8. The van der Waals surface area contributed by atoms with Crippen molar-refractivity contribution in [2.45, 2.75) is 6.04 Å². The lowest BCUT2D eigenvalue weighted by Gasteiger charge is -2.41. The average Bonchev–Trinajstić information content (AvgIpc) is 3.21. The van der Waals surface area contributed by atoms with Crippen molar-refractivity contribution in [2.75, 3.05) is 49.3 Å². The van der Waals surface area contributed by atoms with Crippen LogP contribution in [0.25, 0.3) is 10.3 Å². The number of amides is 2. The third kappa shape index (κ3) is 3.87. The van der Waals surface area contributed by atoms with Crippen LogP contribution in [0.15, 0.2) is 29.8 Å². The molecule has 4 N–H and O–H groups in total. The molecule has 3 aromatic rings. The highest BCUT2D eigenvalue weighted by molar-refractivity contribution is 7.16. The highest BCUT2D eigenvalue weighted by Gasteiger charge is 2.32. The second kappa shape index (κ2) is 8.05. The maximum Gasteiger partial charge on any atom is 0.322 e. The van der Waals surface area contributed by atoms with Crippen molar-refractivity contribution in [2.24, 2.45) is 0 Å². The summed E-state index contributed by atoms with van der Waals surface area (Å²) in [6.45, 7) is 1.18. The van der Waals surface area contributed by atoms with E-state index in [0.29, 0.717) is 47.2 Å². The number of hydrogen-bond acceptors (Lipinski definition) is 9. The van der Waals surface area contributed by atoms with Crippen LogP contribution in [0.2, 0.25) is 0 Å². The Balaban J connectivity index is 1.51. The molecular formula is C18H21N7O3S. The summed E-state index contributed by atoms with van der Waals surface area (Å²) < 4.78 is 5.19. The summed E-state index contributed by atoms with van der Waals surface area (Å²) in [5.41, 5.74) is 8.84. The number of piperazine rings is 1. The number of aromatic nitrogens is 3. The van der Waals surface area contributed by atoms with Crippen LogP contribution in [0.4, 0.5) is 22.2 Å². The zero-order chi connectivity index (χ0) is 20.4. The number of nitrogens with two attached hydrogens (primary N) is 1. The molecule has 0 aliphatic carbocycles. The number of hydrogen-bond donors (Lipinski definition) is 3. The van der Waals surface area contributed by atoms with Gasteiger partial charge in [-0.05, 0) is 12.1 Å². The number of nitrogens with zero attached hydrogens (tertiary/aromatic N) is 5. The molecule has 152 valence electrons. The Kier molecular flexibility index (Phi) is 5.32. The first-order valence-corrected chi connectivity index (χ1v) is 9.91. The maximum atomic E-state index is 12.8. The van der Waals surface area contributed by atoms with E-state index in [1.165, 1.54) is 11.3 Å². The number of nitrogen functional groups attached to an aromatic ring is 1. The van der Waals surface area contributed by atoms with Crippen molar-refractivity contribution in [3.63, 3.8) is 0 Å². The first kappa shape index (κ1) is 19.2. The van der Waals surface area contributed by atoms with E-state index in [1.54, 1.807) is 41.8 Å². The van der Waals surface area contributed by atoms with E-state index in [0.717, 1.165) is 0 Å². The smallest absolute Gasteiger partial charge is 0.322 e. The van der Waals surface area contributed by atoms with Gasteiger partial charge in [0.1, 0.15) is 11.3 Å². The summed E-state index contributed by atoms with van der Waals surface area (Å²) in [7, 11) is 1.57. The fourth-order valence-electron chi connectivity index (χ4n) is 3.35. The predicted octanol–water partition coefficient (Wildman–Crippen LogP) is 1.39. The molecule has 1 aromatic carbocycles. The molecule has 1 aliphatic rings. The number of thiazole rings is 1. The van der Waals surface area contributed by atoms with Gasteiger partial charge in [-0.25, -0.2) is 14.8 Å². The van der Waals surface area contributed by atoms with Gasteiger partial charge in [-0.15, -0.1) is 11.3 Å². The highest BCUT2D eigenvalue weighted by Crippen LogP contribution is 2.28. The van der Waals surface area contributed by atoms with Crippen molar-refractivity contribution in [3.8, 4) is 5.75 Å². The quantitative estimate of drug-likeness (QED) is 0.583. The van der Waals surface area contributed by atoms with Crippen molar-refractivity contribution in [1.29, 1.82) is 0 Å². The number of rotatable bonds is 4. The summed E-state index contributed by atoms with van der Waals surface area (Å²) in [5.74, 6) is 1.45. The second-order valence-electron chi connectivity index (χ2n) is 6.55.